The van der Waals surface area contributed by atoms with Crippen LogP contribution in [0.5, 0.6) is 0 Å². The molecule has 0 aromatic carbocycles. The van der Waals surface area contributed by atoms with Crippen molar-refractivity contribution >= 4 is 105 Å². The number of piperidine rings is 3. The second-order valence-corrected chi connectivity index (χ2v) is 10.0. The van der Waals surface area contributed by atoms with Gasteiger partial charge in [0.05, 0.1) is 0 Å². The van der Waals surface area contributed by atoms with Crippen LogP contribution in [0, 0.1) is 0 Å². The van der Waals surface area contributed by atoms with Crippen LogP contribution in [-0.2, 0) is 37.9 Å². The second kappa shape index (κ2) is 17.5. The summed E-state index contributed by atoms with van der Waals surface area (Å²) >= 11 is 29.1. The van der Waals surface area contributed by atoms with Crippen LogP contribution in [0.3, 0.4) is 0 Å². The summed E-state index contributed by atoms with van der Waals surface area (Å²) < 4.78 is 1.94. The van der Waals surface area contributed by atoms with Crippen molar-refractivity contribution in [3.05, 3.63) is 0 Å². The minimum absolute atomic E-state index is 0. The Balaban J connectivity index is 0.000000384. The zero-order valence-electron chi connectivity index (χ0n) is 16.5. The standard InChI is InChI=1S/3C6H11NS2.Al/c3*8-6(9)7-4-2-1-3-5-7;/h3*1-5H2,(H,8,9);/q;;;+3/p-3. The molecule has 3 saturated heterocycles. The molecule has 10 heteroatoms. The van der Waals surface area contributed by atoms with Crippen LogP contribution in [0.4, 0.5) is 0 Å². The SMILES string of the molecule is S=C([S-])N1CCCCC1.S=C([S-])N1CCCCC1.S=C([S-])N1CCCCC1.[Al+3]. The van der Waals surface area contributed by atoms with Gasteiger partial charge in [-0.05, 0) is 57.8 Å². The van der Waals surface area contributed by atoms with Crippen molar-refractivity contribution in [2.75, 3.05) is 39.3 Å². The molecule has 156 valence electrons. The Morgan fingerprint density at radius 3 is 0.714 bits per heavy atom. The molecular formula is C18H30AlN3S6. The molecule has 0 atom stereocenters. The van der Waals surface area contributed by atoms with Crippen molar-refractivity contribution in [1.29, 1.82) is 0 Å². The number of thiocarbonyl (C=S) groups is 3. The van der Waals surface area contributed by atoms with Gasteiger partial charge in [-0.3, -0.25) is 0 Å². The fourth-order valence-electron chi connectivity index (χ4n) is 3.23. The van der Waals surface area contributed by atoms with Gasteiger partial charge in [0.15, 0.2) is 0 Å². The summed E-state index contributed by atoms with van der Waals surface area (Å²) in [5.41, 5.74) is 0. The van der Waals surface area contributed by atoms with Gasteiger partial charge < -0.3 is 89.2 Å². The molecule has 0 amide bonds. The molecule has 3 rings (SSSR count). The number of likely N-dealkylation sites (tertiary alicyclic amines) is 3. The van der Waals surface area contributed by atoms with Crippen molar-refractivity contribution in [2.45, 2.75) is 57.8 Å². The first-order valence-electron chi connectivity index (χ1n) is 9.79. The molecule has 0 aromatic heterocycles. The van der Waals surface area contributed by atoms with Crippen LogP contribution in [-0.4, -0.2) is 84.3 Å². The van der Waals surface area contributed by atoms with E-state index in [1.165, 1.54) is 57.8 Å². The first-order chi connectivity index (χ1) is 12.9. The molecule has 28 heavy (non-hydrogen) atoms. The van der Waals surface area contributed by atoms with Gasteiger partial charge in [0, 0.05) is 39.3 Å². The third-order valence-electron chi connectivity index (χ3n) is 4.84. The Morgan fingerprint density at radius 2 is 0.607 bits per heavy atom. The van der Waals surface area contributed by atoms with Gasteiger partial charge in [-0.15, -0.1) is 0 Å². The number of rotatable bonds is 0. The molecule has 0 unspecified atom stereocenters. The van der Waals surface area contributed by atoms with Crippen molar-refractivity contribution < 1.29 is 0 Å². The average molecular weight is 508 g/mol. The summed E-state index contributed by atoms with van der Waals surface area (Å²) in [7, 11) is 0. The van der Waals surface area contributed by atoms with E-state index in [-0.39, 0.29) is 17.4 Å². The maximum absolute atomic E-state index is 4.86. The second-order valence-electron chi connectivity index (χ2n) is 6.94. The van der Waals surface area contributed by atoms with Gasteiger partial charge in [-0.25, -0.2) is 0 Å². The topological polar surface area (TPSA) is 9.72 Å². The Labute approximate surface area is 215 Å². The van der Waals surface area contributed by atoms with E-state index in [0.717, 1.165) is 39.3 Å². The third-order valence-corrected chi connectivity index (χ3v) is 6.39. The molecule has 3 aliphatic rings. The van der Waals surface area contributed by atoms with Crippen LogP contribution in [0.1, 0.15) is 57.8 Å². The summed E-state index contributed by atoms with van der Waals surface area (Å²) in [6.07, 6.45) is 11.6. The number of hydrogen-bond donors (Lipinski definition) is 0. The van der Waals surface area contributed by atoms with E-state index >= 15 is 0 Å². The maximum atomic E-state index is 4.86. The molecule has 0 aromatic rings. The first kappa shape index (κ1) is 28.9. The molecule has 0 N–H and O–H groups in total. The summed E-state index contributed by atoms with van der Waals surface area (Å²) in [4.78, 5) is 6.32. The van der Waals surface area contributed by atoms with Gasteiger partial charge in [0.25, 0.3) is 0 Å². The van der Waals surface area contributed by atoms with E-state index in [0.29, 0.717) is 13.0 Å². The fraction of sp³-hybridized carbons (Fsp3) is 0.833. The average Bonchev–Trinajstić information content (AvgIpc) is 2.71. The predicted octanol–water partition coefficient (Wildman–Crippen LogP) is 3.53. The van der Waals surface area contributed by atoms with Crippen LogP contribution >= 0.6 is 36.7 Å². The minimum Gasteiger partial charge on any atom is -0.411 e. The maximum Gasteiger partial charge on any atom is 3.00 e. The Morgan fingerprint density at radius 1 is 0.429 bits per heavy atom. The molecule has 0 bridgehead atoms. The molecule has 0 aliphatic carbocycles. The van der Waals surface area contributed by atoms with Crippen molar-refractivity contribution in [3.63, 3.8) is 0 Å². The molecule has 3 heterocycles. The van der Waals surface area contributed by atoms with E-state index in [9.17, 15) is 0 Å². The van der Waals surface area contributed by atoms with E-state index in [4.69, 9.17) is 74.5 Å². The molecule has 0 radical (unpaired) electrons. The van der Waals surface area contributed by atoms with Gasteiger partial charge in [0.1, 0.15) is 0 Å². The quantitative estimate of drug-likeness (QED) is 0.274. The van der Waals surface area contributed by atoms with Gasteiger partial charge >= 0.3 is 17.4 Å². The van der Waals surface area contributed by atoms with Crippen LogP contribution < -0.4 is 0 Å². The summed E-state index contributed by atoms with van der Waals surface area (Å²) in [6, 6.07) is 0. The summed E-state index contributed by atoms with van der Waals surface area (Å²) in [5, 5.41) is 0. The molecule has 3 nitrogen and oxygen atoms in total. The van der Waals surface area contributed by atoms with Crippen LogP contribution in [0.2, 0.25) is 0 Å². The zero-order valence-corrected chi connectivity index (χ0v) is 22.5. The first-order valence-corrected chi connectivity index (χ1v) is 12.2. The molecular weight excluding hydrogens is 478 g/mol. The summed E-state index contributed by atoms with van der Waals surface area (Å²) in [5.74, 6) is 0. The smallest absolute Gasteiger partial charge is 0.411 e. The van der Waals surface area contributed by atoms with Crippen LogP contribution in [0.15, 0.2) is 0 Å². The van der Waals surface area contributed by atoms with Gasteiger partial charge in [0.2, 0.25) is 0 Å². The third kappa shape index (κ3) is 13.2. The van der Waals surface area contributed by atoms with E-state index < -0.39 is 0 Å². The van der Waals surface area contributed by atoms with Gasteiger partial charge in [-0.2, -0.15) is 0 Å². The van der Waals surface area contributed by atoms with Crippen LogP contribution in [0.25, 0.3) is 0 Å². The van der Waals surface area contributed by atoms with Crippen molar-refractivity contribution in [1.82, 2.24) is 14.7 Å². The molecule has 0 spiro atoms. The summed E-state index contributed by atoms with van der Waals surface area (Å²) in [6.45, 7) is 6.51. The zero-order chi connectivity index (χ0) is 20.1. The molecule has 0 saturated carbocycles. The van der Waals surface area contributed by atoms with Crippen molar-refractivity contribution in [3.8, 4) is 0 Å². The number of nitrogens with zero attached hydrogens (tertiary/aromatic N) is 3. The molecule has 3 fully saturated rings. The Kier molecular flexibility index (Phi) is 18.1. The minimum atomic E-state index is 0. The van der Waals surface area contributed by atoms with E-state index in [1.807, 2.05) is 0 Å². The van der Waals surface area contributed by atoms with E-state index in [1.54, 1.807) is 0 Å². The molecule has 3 aliphatic heterocycles. The monoisotopic (exact) mass is 507 g/mol. The Bertz CT molecular complexity index is 396. The normalized spacial score (nSPS) is 19.1. The number of hydrogen-bond acceptors (Lipinski definition) is 6. The van der Waals surface area contributed by atoms with E-state index in [2.05, 4.69) is 14.7 Å². The Hall–Kier alpha value is 0.862. The fourth-order valence-corrected chi connectivity index (χ4v) is 4.32. The largest absolute Gasteiger partial charge is 3.00 e. The predicted molar refractivity (Wildman–Crippen MR) is 142 cm³/mol. The van der Waals surface area contributed by atoms with Gasteiger partial charge in [-0.1, -0.05) is 13.0 Å². The van der Waals surface area contributed by atoms with Crippen molar-refractivity contribution in [2.24, 2.45) is 0 Å².